The second-order valence-corrected chi connectivity index (χ2v) is 4.87. The fourth-order valence-corrected chi connectivity index (χ4v) is 2.18. The Bertz CT molecular complexity index is 534. The van der Waals surface area contributed by atoms with E-state index in [1.165, 1.54) is 28.6 Å². The monoisotopic (exact) mass is 243 g/mol. The fourth-order valence-electron chi connectivity index (χ4n) is 2.18. The summed E-state index contributed by atoms with van der Waals surface area (Å²) in [6, 6.07) is 4.36. The number of rotatable bonds is 5. The van der Waals surface area contributed by atoms with Crippen molar-refractivity contribution in [3.63, 3.8) is 0 Å². The van der Waals surface area contributed by atoms with Crippen LogP contribution in [0, 0.1) is 13.8 Å². The van der Waals surface area contributed by atoms with Gasteiger partial charge in [-0.15, -0.1) is 0 Å². The van der Waals surface area contributed by atoms with Gasteiger partial charge in [-0.25, -0.2) is 9.97 Å². The van der Waals surface area contributed by atoms with Gasteiger partial charge in [0.15, 0.2) is 0 Å². The van der Waals surface area contributed by atoms with Crippen molar-refractivity contribution in [2.24, 2.45) is 5.73 Å². The molecule has 1 heterocycles. The SMILES string of the molecule is Cc1cc2ncnc(CCCCCN)c2cc1C. The molecule has 0 fully saturated rings. The molecule has 0 saturated carbocycles. The summed E-state index contributed by atoms with van der Waals surface area (Å²) in [6.45, 7) is 5.04. The van der Waals surface area contributed by atoms with E-state index in [1.54, 1.807) is 6.33 Å². The lowest BCUT2D eigenvalue weighted by Crippen LogP contribution is -1.99. The van der Waals surface area contributed by atoms with Crippen molar-refractivity contribution >= 4 is 10.9 Å². The van der Waals surface area contributed by atoms with Crippen LogP contribution in [0.3, 0.4) is 0 Å². The number of aromatic nitrogens is 2. The molecule has 3 nitrogen and oxygen atoms in total. The van der Waals surface area contributed by atoms with Crippen molar-refractivity contribution in [1.82, 2.24) is 9.97 Å². The Kier molecular flexibility index (Phi) is 4.26. The Balaban J connectivity index is 2.24. The number of nitrogens with zero attached hydrogens (tertiary/aromatic N) is 2. The van der Waals surface area contributed by atoms with Crippen LogP contribution in [0.2, 0.25) is 0 Å². The van der Waals surface area contributed by atoms with Gasteiger partial charge in [0.1, 0.15) is 6.33 Å². The molecule has 0 aliphatic rings. The Hall–Kier alpha value is -1.48. The van der Waals surface area contributed by atoms with E-state index in [0.717, 1.165) is 31.3 Å². The van der Waals surface area contributed by atoms with Gasteiger partial charge in [-0.1, -0.05) is 6.42 Å². The largest absolute Gasteiger partial charge is 0.330 e. The summed E-state index contributed by atoms with van der Waals surface area (Å²) in [5.41, 5.74) is 10.3. The third-order valence-electron chi connectivity index (χ3n) is 3.45. The van der Waals surface area contributed by atoms with E-state index in [9.17, 15) is 0 Å². The van der Waals surface area contributed by atoms with Crippen molar-refractivity contribution in [2.45, 2.75) is 39.5 Å². The van der Waals surface area contributed by atoms with Gasteiger partial charge in [0.05, 0.1) is 11.2 Å². The molecule has 1 aromatic heterocycles. The Morgan fingerprint density at radius 1 is 1.00 bits per heavy atom. The van der Waals surface area contributed by atoms with Gasteiger partial charge in [0.2, 0.25) is 0 Å². The zero-order valence-corrected chi connectivity index (χ0v) is 11.2. The highest BCUT2D eigenvalue weighted by molar-refractivity contribution is 5.82. The highest BCUT2D eigenvalue weighted by atomic mass is 14.8. The van der Waals surface area contributed by atoms with Crippen LogP contribution in [0.1, 0.15) is 36.1 Å². The second kappa shape index (κ2) is 5.91. The van der Waals surface area contributed by atoms with Crippen molar-refractivity contribution in [3.8, 4) is 0 Å². The quantitative estimate of drug-likeness (QED) is 0.821. The second-order valence-electron chi connectivity index (χ2n) is 4.87. The summed E-state index contributed by atoms with van der Waals surface area (Å²) >= 11 is 0. The van der Waals surface area contributed by atoms with Gasteiger partial charge in [-0.05, 0) is 62.9 Å². The van der Waals surface area contributed by atoms with Crippen LogP contribution in [0.4, 0.5) is 0 Å². The van der Waals surface area contributed by atoms with E-state index in [2.05, 4.69) is 35.9 Å². The fraction of sp³-hybridized carbons (Fsp3) is 0.467. The third kappa shape index (κ3) is 2.85. The van der Waals surface area contributed by atoms with Crippen LogP contribution in [0.15, 0.2) is 18.5 Å². The molecule has 18 heavy (non-hydrogen) atoms. The first-order valence-corrected chi connectivity index (χ1v) is 6.63. The molecule has 0 atom stereocenters. The number of unbranched alkanes of at least 4 members (excludes halogenated alkanes) is 2. The van der Waals surface area contributed by atoms with E-state index in [0.29, 0.717) is 0 Å². The molecule has 1 aromatic carbocycles. The zero-order chi connectivity index (χ0) is 13.0. The summed E-state index contributed by atoms with van der Waals surface area (Å²) in [5, 5.41) is 1.20. The Morgan fingerprint density at radius 3 is 2.56 bits per heavy atom. The molecule has 0 aliphatic heterocycles. The zero-order valence-electron chi connectivity index (χ0n) is 11.2. The van der Waals surface area contributed by atoms with Crippen LogP contribution >= 0.6 is 0 Å². The topological polar surface area (TPSA) is 51.8 Å². The van der Waals surface area contributed by atoms with Crippen LogP contribution in [0.5, 0.6) is 0 Å². The maximum Gasteiger partial charge on any atom is 0.116 e. The summed E-state index contributed by atoms with van der Waals surface area (Å²) < 4.78 is 0. The molecule has 0 radical (unpaired) electrons. The van der Waals surface area contributed by atoms with E-state index in [-0.39, 0.29) is 0 Å². The van der Waals surface area contributed by atoms with Crippen LogP contribution in [0.25, 0.3) is 10.9 Å². The summed E-state index contributed by atoms with van der Waals surface area (Å²) in [5.74, 6) is 0. The van der Waals surface area contributed by atoms with Crippen LogP contribution in [-0.2, 0) is 6.42 Å². The molecule has 0 bridgehead atoms. The molecular weight excluding hydrogens is 222 g/mol. The van der Waals surface area contributed by atoms with Crippen molar-refractivity contribution < 1.29 is 0 Å². The normalized spacial score (nSPS) is 11.1. The van der Waals surface area contributed by atoms with Crippen LogP contribution < -0.4 is 5.73 Å². The van der Waals surface area contributed by atoms with Crippen LogP contribution in [-0.4, -0.2) is 16.5 Å². The van der Waals surface area contributed by atoms with Gasteiger partial charge in [-0.3, -0.25) is 0 Å². The van der Waals surface area contributed by atoms with Crippen molar-refractivity contribution in [1.29, 1.82) is 0 Å². The molecule has 2 rings (SSSR count). The molecule has 0 saturated heterocycles. The number of benzene rings is 1. The molecule has 0 unspecified atom stereocenters. The minimum atomic E-state index is 0.781. The molecule has 96 valence electrons. The van der Waals surface area contributed by atoms with E-state index in [1.807, 2.05) is 0 Å². The van der Waals surface area contributed by atoms with Crippen molar-refractivity contribution in [3.05, 3.63) is 35.3 Å². The smallest absolute Gasteiger partial charge is 0.116 e. The first-order chi connectivity index (χ1) is 8.72. The minimum Gasteiger partial charge on any atom is -0.330 e. The predicted molar refractivity (Wildman–Crippen MR) is 75.6 cm³/mol. The Labute approximate surface area is 108 Å². The van der Waals surface area contributed by atoms with Gasteiger partial charge in [0, 0.05) is 5.39 Å². The maximum atomic E-state index is 5.51. The van der Waals surface area contributed by atoms with E-state index < -0.39 is 0 Å². The lowest BCUT2D eigenvalue weighted by atomic mass is 10.0. The standard InChI is InChI=1S/C15H21N3/c1-11-8-13-14(6-4-3-5-7-16)17-10-18-15(13)9-12(11)2/h8-10H,3-7,16H2,1-2H3. The summed E-state index contributed by atoms with van der Waals surface area (Å²) in [6.07, 6.45) is 6.11. The molecule has 0 amide bonds. The minimum absolute atomic E-state index is 0.781. The number of aryl methyl sites for hydroxylation is 3. The van der Waals surface area contributed by atoms with Gasteiger partial charge >= 0.3 is 0 Å². The number of nitrogens with two attached hydrogens (primary N) is 1. The average Bonchev–Trinajstić information content (AvgIpc) is 2.36. The molecular formula is C15H21N3. The molecule has 0 spiro atoms. The summed E-state index contributed by atoms with van der Waals surface area (Å²) in [4.78, 5) is 8.79. The number of hydrogen-bond acceptors (Lipinski definition) is 3. The van der Waals surface area contributed by atoms with Crippen molar-refractivity contribution in [2.75, 3.05) is 6.54 Å². The first-order valence-electron chi connectivity index (χ1n) is 6.63. The summed E-state index contributed by atoms with van der Waals surface area (Å²) in [7, 11) is 0. The molecule has 2 aromatic rings. The number of fused-ring (bicyclic) bond motifs is 1. The molecule has 0 aliphatic carbocycles. The highest BCUT2D eigenvalue weighted by Crippen LogP contribution is 2.20. The van der Waals surface area contributed by atoms with Gasteiger partial charge in [-0.2, -0.15) is 0 Å². The Morgan fingerprint density at radius 2 is 1.78 bits per heavy atom. The average molecular weight is 243 g/mol. The van der Waals surface area contributed by atoms with Gasteiger partial charge in [0.25, 0.3) is 0 Å². The third-order valence-corrected chi connectivity index (χ3v) is 3.45. The van der Waals surface area contributed by atoms with E-state index >= 15 is 0 Å². The maximum absolute atomic E-state index is 5.51. The lowest BCUT2D eigenvalue weighted by Gasteiger charge is -2.07. The molecule has 3 heteroatoms. The van der Waals surface area contributed by atoms with E-state index in [4.69, 9.17) is 5.73 Å². The van der Waals surface area contributed by atoms with Gasteiger partial charge < -0.3 is 5.73 Å². The lowest BCUT2D eigenvalue weighted by molar-refractivity contribution is 0.681. The molecule has 2 N–H and O–H groups in total. The predicted octanol–water partition coefficient (Wildman–Crippen LogP) is 2.92. The highest BCUT2D eigenvalue weighted by Gasteiger charge is 2.05. The first kappa shape index (κ1) is 13.0. The number of hydrogen-bond donors (Lipinski definition) is 1.